The van der Waals surface area contributed by atoms with Crippen molar-refractivity contribution in [1.29, 1.82) is 0 Å². The summed E-state index contributed by atoms with van der Waals surface area (Å²) < 4.78 is 2.75. The van der Waals surface area contributed by atoms with Crippen LogP contribution >= 0.6 is 31.9 Å². The molecule has 0 saturated carbocycles. The Morgan fingerprint density at radius 3 is 2.56 bits per heavy atom. The average Bonchev–Trinajstić information content (AvgIpc) is 2.61. The van der Waals surface area contributed by atoms with Gasteiger partial charge in [-0.3, -0.25) is 4.79 Å². The van der Waals surface area contributed by atoms with Crippen molar-refractivity contribution in [2.24, 2.45) is 0 Å². The molecule has 1 aromatic heterocycles. The number of nitrogen functional groups attached to an aromatic ring is 1. The zero-order valence-electron chi connectivity index (χ0n) is 9.10. The van der Waals surface area contributed by atoms with Gasteiger partial charge in [-0.15, -0.1) is 5.10 Å². The fourth-order valence-corrected chi connectivity index (χ4v) is 1.96. The number of hydrogen-bond donors (Lipinski definition) is 2. The number of anilines is 2. The molecule has 2 rings (SSSR count). The van der Waals surface area contributed by atoms with Gasteiger partial charge in [-0.2, -0.15) is 4.98 Å². The average molecular weight is 375 g/mol. The summed E-state index contributed by atoms with van der Waals surface area (Å²) in [5.41, 5.74) is 6.13. The van der Waals surface area contributed by atoms with E-state index in [-0.39, 0.29) is 18.4 Å². The summed E-state index contributed by atoms with van der Waals surface area (Å²) in [6.45, 7) is 0.0425. The van der Waals surface area contributed by atoms with Crippen molar-refractivity contribution >= 4 is 49.4 Å². The van der Waals surface area contributed by atoms with Crippen molar-refractivity contribution in [1.82, 2.24) is 14.8 Å². The standard InChI is InChI=1S/C10H9Br2N5O/c11-6-1-3-7(4-2-6)14-8(18)5-17-9(12)15-10(13)16-17/h1-4H,5H2,(H2,13,16)(H,14,18). The van der Waals surface area contributed by atoms with Crippen LogP contribution in [0, 0.1) is 0 Å². The van der Waals surface area contributed by atoms with Gasteiger partial charge in [0, 0.05) is 10.2 Å². The normalized spacial score (nSPS) is 10.3. The minimum Gasteiger partial charge on any atom is -0.366 e. The number of carbonyl (C=O) groups is 1. The largest absolute Gasteiger partial charge is 0.366 e. The van der Waals surface area contributed by atoms with Crippen molar-refractivity contribution in [3.05, 3.63) is 33.5 Å². The molecule has 0 atom stereocenters. The van der Waals surface area contributed by atoms with Crippen LogP contribution in [0.4, 0.5) is 11.6 Å². The van der Waals surface area contributed by atoms with E-state index in [1.54, 1.807) is 12.1 Å². The molecule has 18 heavy (non-hydrogen) atoms. The lowest BCUT2D eigenvalue weighted by atomic mass is 10.3. The molecule has 0 aliphatic heterocycles. The summed E-state index contributed by atoms with van der Waals surface area (Å²) in [4.78, 5) is 15.6. The van der Waals surface area contributed by atoms with Gasteiger partial charge in [0.25, 0.3) is 0 Å². The second kappa shape index (κ2) is 5.49. The topological polar surface area (TPSA) is 85.8 Å². The Balaban J connectivity index is 2.01. The number of carbonyl (C=O) groups excluding carboxylic acids is 1. The SMILES string of the molecule is Nc1nc(Br)n(CC(=O)Nc2ccc(Br)cc2)n1. The third-order valence-electron chi connectivity index (χ3n) is 2.06. The number of benzene rings is 1. The quantitative estimate of drug-likeness (QED) is 0.860. The van der Waals surface area contributed by atoms with Crippen LogP contribution in [-0.4, -0.2) is 20.7 Å². The highest BCUT2D eigenvalue weighted by molar-refractivity contribution is 9.10. The van der Waals surface area contributed by atoms with E-state index in [0.29, 0.717) is 10.4 Å². The van der Waals surface area contributed by atoms with E-state index >= 15 is 0 Å². The Bertz CT molecular complexity index is 566. The molecule has 0 saturated heterocycles. The second-order valence-electron chi connectivity index (χ2n) is 3.45. The van der Waals surface area contributed by atoms with Crippen molar-refractivity contribution in [2.45, 2.75) is 6.54 Å². The first kappa shape index (κ1) is 13.0. The fraction of sp³-hybridized carbons (Fsp3) is 0.100. The maximum absolute atomic E-state index is 11.8. The Kier molecular flexibility index (Phi) is 3.97. The summed E-state index contributed by atoms with van der Waals surface area (Å²) in [6, 6.07) is 7.29. The molecule has 1 aromatic carbocycles. The van der Waals surface area contributed by atoms with Gasteiger partial charge in [0.2, 0.25) is 11.9 Å². The van der Waals surface area contributed by atoms with Crippen LogP contribution in [-0.2, 0) is 11.3 Å². The minimum atomic E-state index is -0.206. The summed E-state index contributed by atoms with van der Waals surface area (Å²) in [5.74, 6) is -0.0822. The highest BCUT2D eigenvalue weighted by Gasteiger charge is 2.09. The van der Waals surface area contributed by atoms with Crippen LogP contribution < -0.4 is 11.1 Å². The number of nitrogens with one attached hydrogen (secondary N) is 1. The fourth-order valence-electron chi connectivity index (χ4n) is 1.31. The first-order valence-electron chi connectivity index (χ1n) is 4.96. The number of nitrogens with zero attached hydrogens (tertiary/aromatic N) is 3. The van der Waals surface area contributed by atoms with Crippen LogP contribution in [0.5, 0.6) is 0 Å². The van der Waals surface area contributed by atoms with Gasteiger partial charge in [-0.25, -0.2) is 4.68 Å². The molecule has 8 heteroatoms. The van der Waals surface area contributed by atoms with E-state index in [9.17, 15) is 4.79 Å². The lowest BCUT2D eigenvalue weighted by Gasteiger charge is -2.05. The molecule has 1 heterocycles. The molecular weight excluding hydrogens is 366 g/mol. The van der Waals surface area contributed by atoms with Crippen LogP contribution in [0.2, 0.25) is 0 Å². The molecule has 2 aromatic rings. The third kappa shape index (κ3) is 3.30. The molecular formula is C10H9Br2N5O. The van der Waals surface area contributed by atoms with Gasteiger partial charge >= 0.3 is 0 Å². The van der Waals surface area contributed by atoms with Crippen LogP contribution in [0.1, 0.15) is 0 Å². The maximum Gasteiger partial charge on any atom is 0.246 e. The molecule has 0 aliphatic carbocycles. The Morgan fingerprint density at radius 2 is 2.00 bits per heavy atom. The van der Waals surface area contributed by atoms with E-state index in [1.165, 1.54) is 4.68 Å². The van der Waals surface area contributed by atoms with Gasteiger partial charge in [-0.05, 0) is 40.2 Å². The van der Waals surface area contributed by atoms with E-state index in [4.69, 9.17) is 5.73 Å². The Hall–Kier alpha value is -1.41. The Morgan fingerprint density at radius 1 is 1.33 bits per heavy atom. The molecule has 0 fully saturated rings. The van der Waals surface area contributed by atoms with Gasteiger partial charge in [0.1, 0.15) is 6.54 Å². The van der Waals surface area contributed by atoms with Crippen LogP contribution in [0.3, 0.4) is 0 Å². The van der Waals surface area contributed by atoms with Gasteiger partial charge in [-0.1, -0.05) is 15.9 Å². The molecule has 1 amide bonds. The van der Waals surface area contributed by atoms with Crippen molar-refractivity contribution in [3.8, 4) is 0 Å². The van der Waals surface area contributed by atoms with E-state index in [2.05, 4.69) is 47.3 Å². The van der Waals surface area contributed by atoms with E-state index in [1.807, 2.05) is 12.1 Å². The van der Waals surface area contributed by atoms with Gasteiger partial charge < -0.3 is 11.1 Å². The van der Waals surface area contributed by atoms with Crippen LogP contribution in [0.15, 0.2) is 33.5 Å². The first-order chi connectivity index (χ1) is 8.54. The summed E-state index contributed by atoms with van der Waals surface area (Å²) in [7, 11) is 0. The highest BCUT2D eigenvalue weighted by atomic mass is 79.9. The number of nitrogens with two attached hydrogens (primary N) is 1. The van der Waals surface area contributed by atoms with Crippen molar-refractivity contribution < 1.29 is 4.79 Å². The van der Waals surface area contributed by atoms with Gasteiger partial charge in [0.05, 0.1) is 0 Å². The molecule has 0 radical (unpaired) electrons. The highest BCUT2D eigenvalue weighted by Crippen LogP contribution is 2.14. The van der Waals surface area contributed by atoms with Gasteiger partial charge in [0.15, 0.2) is 4.73 Å². The lowest BCUT2D eigenvalue weighted by molar-refractivity contribution is -0.116. The summed E-state index contributed by atoms with van der Waals surface area (Å²) in [5, 5.41) is 6.62. The molecule has 0 bridgehead atoms. The monoisotopic (exact) mass is 373 g/mol. The predicted octanol–water partition coefficient (Wildman–Crippen LogP) is 2.02. The smallest absolute Gasteiger partial charge is 0.246 e. The maximum atomic E-state index is 11.8. The Labute approximate surface area is 120 Å². The number of hydrogen-bond acceptors (Lipinski definition) is 4. The van der Waals surface area contributed by atoms with E-state index in [0.717, 1.165) is 4.47 Å². The zero-order chi connectivity index (χ0) is 13.1. The van der Waals surface area contributed by atoms with Crippen molar-refractivity contribution in [3.63, 3.8) is 0 Å². The number of halogens is 2. The molecule has 0 spiro atoms. The predicted molar refractivity (Wildman–Crippen MR) is 74.9 cm³/mol. The summed E-state index contributed by atoms with van der Waals surface area (Å²) in [6.07, 6.45) is 0. The minimum absolute atomic E-state index is 0.0425. The number of rotatable bonds is 3. The first-order valence-corrected chi connectivity index (χ1v) is 6.54. The second-order valence-corrected chi connectivity index (χ2v) is 5.08. The molecule has 94 valence electrons. The third-order valence-corrected chi connectivity index (χ3v) is 3.18. The number of amides is 1. The summed E-state index contributed by atoms with van der Waals surface area (Å²) >= 11 is 6.49. The lowest BCUT2D eigenvalue weighted by Crippen LogP contribution is -2.19. The number of aromatic nitrogens is 3. The molecule has 0 aliphatic rings. The zero-order valence-corrected chi connectivity index (χ0v) is 12.3. The molecule has 0 unspecified atom stereocenters. The van der Waals surface area contributed by atoms with E-state index < -0.39 is 0 Å². The van der Waals surface area contributed by atoms with Crippen molar-refractivity contribution in [2.75, 3.05) is 11.1 Å². The molecule has 3 N–H and O–H groups in total. The van der Waals surface area contributed by atoms with Crippen LogP contribution in [0.25, 0.3) is 0 Å². The molecule has 6 nitrogen and oxygen atoms in total.